The topological polar surface area (TPSA) is 167 Å². The summed E-state index contributed by atoms with van der Waals surface area (Å²) in [5.41, 5.74) is 4.87. The molecule has 0 bridgehead atoms. The van der Waals surface area contributed by atoms with Gasteiger partial charge in [-0.3, -0.25) is 4.79 Å². The monoisotopic (exact) mass is 605 g/mol. The van der Waals surface area contributed by atoms with E-state index in [1.54, 1.807) is 35.5 Å². The molecule has 4 N–H and O–H groups in total. The lowest BCUT2D eigenvalue weighted by atomic mass is 10.00. The molecule has 6 rings (SSSR count). The zero-order valence-electron chi connectivity index (χ0n) is 23.4. The molecule has 1 aromatic carbocycles. The summed E-state index contributed by atoms with van der Waals surface area (Å²) in [4.78, 5) is 36.2. The minimum Gasteiger partial charge on any atom is -0.390 e. The Balaban J connectivity index is 1.22. The third-order valence-electron chi connectivity index (χ3n) is 7.59. The number of aliphatic hydroxyl groups is 1. The number of morpholine rings is 1. The summed E-state index contributed by atoms with van der Waals surface area (Å²) in [6.45, 7) is 4.03. The van der Waals surface area contributed by atoms with Gasteiger partial charge in [0.25, 0.3) is 5.91 Å². The predicted octanol–water partition coefficient (Wildman–Crippen LogP) is 2.20. The van der Waals surface area contributed by atoms with Crippen LogP contribution in [0, 0.1) is 6.92 Å². The molecule has 4 aromatic rings. The van der Waals surface area contributed by atoms with Crippen LogP contribution in [0.1, 0.15) is 15.9 Å². The van der Waals surface area contributed by atoms with Crippen molar-refractivity contribution in [2.24, 2.45) is 0 Å². The van der Waals surface area contributed by atoms with E-state index in [0.29, 0.717) is 54.7 Å². The molecular weight excluding hydrogens is 574 g/mol. The molecule has 0 aliphatic carbocycles. The highest BCUT2D eigenvalue weighted by molar-refractivity contribution is 7.91. The molecule has 2 aliphatic rings. The van der Waals surface area contributed by atoms with E-state index in [9.17, 15) is 23.1 Å². The van der Waals surface area contributed by atoms with Crippen LogP contribution in [-0.4, -0.2) is 94.7 Å². The maximum Gasteiger partial charge on any atom is 0.319 e. The first-order chi connectivity index (χ1) is 20.7. The summed E-state index contributed by atoms with van der Waals surface area (Å²) < 4.78 is 30.8. The number of nitrogens with one attached hydrogen (secondary N) is 3. The Labute approximate surface area is 247 Å². The van der Waals surface area contributed by atoms with E-state index in [1.165, 1.54) is 0 Å². The van der Waals surface area contributed by atoms with Crippen molar-refractivity contribution in [2.45, 2.75) is 19.1 Å². The molecular formula is C29H31N7O6S. The summed E-state index contributed by atoms with van der Waals surface area (Å²) in [6.07, 6.45) is 5.85. The third kappa shape index (κ3) is 6.16. The summed E-state index contributed by atoms with van der Waals surface area (Å²) in [7, 11) is -3.40. The number of fused-ring (bicyclic) bond motifs is 1. The van der Waals surface area contributed by atoms with E-state index in [0.717, 1.165) is 16.7 Å². The number of benzene rings is 1. The van der Waals surface area contributed by atoms with Crippen molar-refractivity contribution in [3.8, 4) is 11.1 Å². The Kier molecular flexibility index (Phi) is 7.73. The quantitative estimate of drug-likeness (QED) is 0.258. The molecule has 14 heteroatoms. The predicted molar refractivity (Wildman–Crippen MR) is 160 cm³/mol. The highest BCUT2D eigenvalue weighted by Gasteiger charge is 2.37. The standard InChI is InChI=1S/C29H31N7O6S/c1-18-21(3-2-4-22(18)33-29(39)34-24-16-43(40,41)17-25(24)37)20-13-23(27-30-7-8-36(27)15-20)32-26-6-5-19(14-31-26)28(38)35-9-11-42-12-10-35/h2-8,13-15,24-25,37H,9-12,16-17H2,1H3,(H,31,32)(H2,33,34,39)/t24-,25-/m1/s1. The number of ether oxygens (including phenoxy) is 1. The number of nitrogens with zero attached hydrogens (tertiary/aromatic N) is 4. The molecule has 2 saturated heterocycles. The molecule has 13 nitrogen and oxygen atoms in total. The van der Waals surface area contributed by atoms with Crippen LogP contribution in [0.15, 0.2) is 61.2 Å². The zero-order chi connectivity index (χ0) is 30.1. The summed E-state index contributed by atoms with van der Waals surface area (Å²) in [5.74, 6) is -0.211. The molecule has 5 heterocycles. The van der Waals surface area contributed by atoms with Crippen molar-refractivity contribution >= 4 is 44.6 Å². The Morgan fingerprint density at radius 1 is 1.07 bits per heavy atom. The molecule has 0 unspecified atom stereocenters. The number of carbonyl (C=O) groups is 2. The SMILES string of the molecule is Cc1c(NC(=O)N[C@@H]2CS(=O)(=O)C[C@H]2O)cccc1-c1cc(Nc2ccc(C(=O)N3CCOCC3)cn2)c2nccn2c1. The van der Waals surface area contributed by atoms with Gasteiger partial charge in [0, 0.05) is 49.1 Å². The lowest BCUT2D eigenvalue weighted by molar-refractivity contribution is 0.0302. The van der Waals surface area contributed by atoms with Crippen LogP contribution in [0.5, 0.6) is 0 Å². The van der Waals surface area contributed by atoms with E-state index >= 15 is 0 Å². The first-order valence-electron chi connectivity index (χ1n) is 13.8. The number of rotatable bonds is 6. The first kappa shape index (κ1) is 28.6. The molecule has 3 amide bonds. The van der Waals surface area contributed by atoms with Gasteiger partial charge in [-0.05, 0) is 42.3 Å². The highest BCUT2D eigenvalue weighted by atomic mass is 32.2. The number of amides is 3. The van der Waals surface area contributed by atoms with E-state index in [4.69, 9.17) is 4.74 Å². The molecule has 43 heavy (non-hydrogen) atoms. The number of aliphatic hydroxyl groups excluding tert-OH is 1. The van der Waals surface area contributed by atoms with Crippen LogP contribution < -0.4 is 16.0 Å². The Morgan fingerprint density at radius 3 is 2.60 bits per heavy atom. The molecule has 2 fully saturated rings. The van der Waals surface area contributed by atoms with Gasteiger partial charge in [-0.15, -0.1) is 0 Å². The first-order valence-corrected chi connectivity index (χ1v) is 15.6. The lowest BCUT2D eigenvalue weighted by Crippen LogP contribution is -2.44. The molecule has 0 spiro atoms. The van der Waals surface area contributed by atoms with Gasteiger partial charge in [-0.1, -0.05) is 12.1 Å². The molecule has 3 aromatic heterocycles. The van der Waals surface area contributed by atoms with E-state index < -0.39 is 28.0 Å². The average Bonchev–Trinajstić information content (AvgIpc) is 3.57. The van der Waals surface area contributed by atoms with Crippen LogP contribution in [0.3, 0.4) is 0 Å². The van der Waals surface area contributed by atoms with Crippen molar-refractivity contribution in [1.29, 1.82) is 0 Å². The molecule has 2 atom stereocenters. The summed E-state index contributed by atoms with van der Waals surface area (Å²) in [5, 5.41) is 18.7. The molecule has 2 aliphatic heterocycles. The summed E-state index contributed by atoms with van der Waals surface area (Å²) >= 11 is 0. The number of anilines is 3. The van der Waals surface area contributed by atoms with Gasteiger partial charge in [0.15, 0.2) is 15.5 Å². The van der Waals surface area contributed by atoms with Crippen molar-refractivity contribution < 1.29 is 27.9 Å². The second-order valence-electron chi connectivity index (χ2n) is 10.6. The third-order valence-corrected chi connectivity index (χ3v) is 9.31. The number of carbonyl (C=O) groups excluding carboxylic acids is 2. The zero-order valence-corrected chi connectivity index (χ0v) is 24.2. The van der Waals surface area contributed by atoms with Crippen molar-refractivity contribution in [3.05, 3.63) is 72.3 Å². The minimum absolute atomic E-state index is 0.0814. The second-order valence-corrected chi connectivity index (χ2v) is 12.7. The highest BCUT2D eigenvalue weighted by Crippen LogP contribution is 2.32. The van der Waals surface area contributed by atoms with E-state index in [2.05, 4.69) is 25.9 Å². The number of sulfone groups is 1. The van der Waals surface area contributed by atoms with Crippen LogP contribution in [0.4, 0.5) is 22.0 Å². The van der Waals surface area contributed by atoms with Gasteiger partial charge in [-0.2, -0.15) is 0 Å². The number of aromatic nitrogens is 3. The number of hydrogen-bond acceptors (Lipinski definition) is 9. The number of pyridine rings is 2. The van der Waals surface area contributed by atoms with Crippen LogP contribution in [0.2, 0.25) is 0 Å². The fourth-order valence-electron chi connectivity index (χ4n) is 5.33. The molecule has 224 valence electrons. The number of urea groups is 1. The van der Waals surface area contributed by atoms with Crippen molar-refractivity contribution in [3.63, 3.8) is 0 Å². The van der Waals surface area contributed by atoms with Crippen molar-refractivity contribution in [1.82, 2.24) is 24.6 Å². The maximum absolute atomic E-state index is 12.8. The largest absolute Gasteiger partial charge is 0.390 e. The fourth-order valence-corrected chi connectivity index (χ4v) is 7.07. The van der Waals surface area contributed by atoms with Gasteiger partial charge in [0.2, 0.25) is 0 Å². The summed E-state index contributed by atoms with van der Waals surface area (Å²) in [6, 6.07) is 9.44. The smallest absolute Gasteiger partial charge is 0.319 e. The number of hydrogen-bond donors (Lipinski definition) is 4. The normalized spacial score (nSPS) is 19.7. The fraction of sp³-hybridized carbons (Fsp3) is 0.310. The van der Waals surface area contributed by atoms with Gasteiger partial charge < -0.3 is 35.1 Å². The molecule has 0 radical (unpaired) electrons. The van der Waals surface area contributed by atoms with Crippen LogP contribution in [0.25, 0.3) is 16.8 Å². The van der Waals surface area contributed by atoms with Gasteiger partial charge in [0.1, 0.15) is 5.82 Å². The van der Waals surface area contributed by atoms with Gasteiger partial charge >= 0.3 is 6.03 Å². The molecule has 0 saturated carbocycles. The van der Waals surface area contributed by atoms with Gasteiger partial charge in [-0.25, -0.2) is 23.2 Å². The second kappa shape index (κ2) is 11.6. The lowest BCUT2D eigenvalue weighted by Gasteiger charge is -2.26. The number of imidazole rings is 1. The van der Waals surface area contributed by atoms with Crippen molar-refractivity contribution in [2.75, 3.05) is 48.4 Å². The Morgan fingerprint density at radius 2 is 1.88 bits per heavy atom. The maximum atomic E-state index is 12.8. The van der Waals surface area contributed by atoms with Gasteiger partial charge in [0.05, 0.1) is 48.1 Å². The Hall–Kier alpha value is -4.53. The van der Waals surface area contributed by atoms with Crippen LogP contribution in [-0.2, 0) is 14.6 Å². The minimum atomic E-state index is -3.40. The van der Waals surface area contributed by atoms with Crippen LogP contribution >= 0.6 is 0 Å². The average molecular weight is 606 g/mol. The van der Waals surface area contributed by atoms with E-state index in [1.807, 2.05) is 41.9 Å². The Bertz CT molecular complexity index is 1780. The van der Waals surface area contributed by atoms with E-state index in [-0.39, 0.29) is 17.4 Å².